The van der Waals surface area contributed by atoms with E-state index in [9.17, 15) is 9.50 Å². The third-order valence-electron chi connectivity index (χ3n) is 3.38. The van der Waals surface area contributed by atoms with Crippen LogP contribution in [0.15, 0.2) is 18.2 Å². The van der Waals surface area contributed by atoms with Crippen LogP contribution in [0.4, 0.5) is 4.39 Å². The predicted molar refractivity (Wildman–Crippen MR) is 64.4 cm³/mol. The number of aliphatic hydroxyl groups is 1. The van der Waals surface area contributed by atoms with Gasteiger partial charge in [-0.1, -0.05) is 0 Å². The van der Waals surface area contributed by atoms with Gasteiger partial charge in [-0.3, -0.25) is 0 Å². The van der Waals surface area contributed by atoms with Crippen LogP contribution in [0.2, 0.25) is 0 Å². The van der Waals surface area contributed by atoms with Crippen LogP contribution in [0.5, 0.6) is 5.75 Å². The number of aliphatic hydroxyl groups excluding tert-OH is 1. The zero-order valence-electron chi connectivity index (χ0n) is 10.3. The maximum atomic E-state index is 13.6. The van der Waals surface area contributed by atoms with Gasteiger partial charge in [0.05, 0.1) is 18.8 Å². The summed E-state index contributed by atoms with van der Waals surface area (Å²) in [5.74, 6) is -0.0197. The average molecular weight is 249 g/mol. The number of ether oxygens (including phenoxy) is 1. The molecule has 18 heavy (non-hydrogen) atoms. The SMILES string of the molecule is CC(O)c1ccc(OCC2(CC#N)CC2)cc1F. The lowest BCUT2D eigenvalue weighted by atomic mass is 10.1. The van der Waals surface area contributed by atoms with Gasteiger partial charge in [0.2, 0.25) is 0 Å². The van der Waals surface area contributed by atoms with Crippen molar-refractivity contribution in [3.05, 3.63) is 29.6 Å². The van der Waals surface area contributed by atoms with Crippen molar-refractivity contribution in [2.45, 2.75) is 32.3 Å². The maximum absolute atomic E-state index is 13.6. The van der Waals surface area contributed by atoms with E-state index in [1.54, 1.807) is 6.07 Å². The monoisotopic (exact) mass is 249 g/mol. The Labute approximate surface area is 106 Å². The van der Waals surface area contributed by atoms with E-state index >= 15 is 0 Å². The molecule has 4 heteroatoms. The zero-order valence-corrected chi connectivity index (χ0v) is 10.3. The van der Waals surface area contributed by atoms with Crippen molar-refractivity contribution in [2.24, 2.45) is 5.41 Å². The fourth-order valence-corrected chi connectivity index (χ4v) is 1.89. The molecule has 3 nitrogen and oxygen atoms in total. The zero-order chi connectivity index (χ0) is 13.2. The molecule has 1 unspecified atom stereocenters. The van der Waals surface area contributed by atoms with Crippen LogP contribution in [0.1, 0.15) is 37.9 Å². The van der Waals surface area contributed by atoms with Gasteiger partial charge < -0.3 is 9.84 Å². The van der Waals surface area contributed by atoms with Crippen molar-refractivity contribution in [1.29, 1.82) is 5.26 Å². The molecule has 0 bridgehead atoms. The molecule has 0 heterocycles. The van der Waals surface area contributed by atoms with Gasteiger partial charge in [-0.15, -0.1) is 0 Å². The fourth-order valence-electron chi connectivity index (χ4n) is 1.89. The summed E-state index contributed by atoms with van der Waals surface area (Å²) in [7, 11) is 0. The fraction of sp³-hybridized carbons (Fsp3) is 0.500. The number of nitrogens with zero attached hydrogens (tertiary/aromatic N) is 1. The molecule has 1 N–H and O–H groups in total. The predicted octanol–water partition coefficient (Wildman–Crippen LogP) is 2.95. The highest BCUT2D eigenvalue weighted by atomic mass is 19.1. The molecule has 0 amide bonds. The van der Waals surface area contributed by atoms with E-state index in [4.69, 9.17) is 10.00 Å². The highest BCUT2D eigenvalue weighted by Gasteiger charge is 2.43. The van der Waals surface area contributed by atoms with Crippen molar-refractivity contribution in [3.8, 4) is 11.8 Å². The molecule has 1 aliphatic rings. The molecule has 1 aromatic carbocycles. The number of hydrogen-bond donors (Lipinski definition) is 1. The third kappa shape index (κ3) is 2.80. The number of hydrogen-bond acceptors (Lipinski definition) is 3. The van der Waals surface area contributed by atoms with Gasteiger partial charge in [0.25, 0.3) is 0 Å². The van der Waals surface area contributed by atoms with Crippen LogP contribution >= 0.6 is 0 Å². The van der Waals surface area contributed by atoms with E-state index in [2.05, 4.69) is 6.07 Å². The normalized spacial score (nSPS) is 17.9. The minimum absolute atomic E-state index is 0.0197. The second kappa shape index (κ2) is 4.95. The minimum Gasteiger partial charge on any atom is -0.493 e. The second-order valence-corrected chi connectivity index (χ2v) is 4.98. The Balaban J connectivity index is 1.99. The van der Waals surface area contributed by atoms with Crippen LogP contribution in [-0.2, 0) is 0 Å². The molecule has 1 atom stereocenters. The van der Waals surface area contributed by atoms with Crippen molar-refractivity contribution in [2.75, 3.05) is 6.61 Å². The van der Waals surface area contributed by atoms with Crippen molar-refractivity contribution >= 4 is 0 Å². The second-order valence-electron chi connectivity index (χ2n) is 4.98. The van der Waals surface area contributed by atoms with Crippen molar-refractivity contribution in [1.82, 2.24) is 0 Å². The Hall–Kier alpha value is -1.60. The van der Waals surface area contributed by atoms with Gasteiger partial charge in [-0.05, 0) is 31.9 Å². The maximum Gasteiger partial charge on any atom is 0.132 e. The highest BCUT2D eigenvalue weighted by molar-refractivity contribution is 5.30. The standard InChI is InChI=1S/C14H16FNO2/c1-10(17)12-3-2-11(8-13(12)15)18-9-14(4-5-14)6-7-16/h2-3,8,10,17H,4-6,9H2,1H3. The topological polar surface area (TPSA) is 53.2 Å². The van der Waals surface area contributed by atoms with Crippen LogP contribution in [-0.4, -0.2) is 11.7 Å². The molecule has 96 valence electrons. The molecule has 0 aromatic heterocycles. The summed E-state index contributed by atoms with van der Waals surface area (Å²) in [6.07, 6.45) is 1.65. The summed E-state index contributed by atoms with van der Waals surface area (Å²) in [5, 5.41) is 18.0. The smallest absolute Gasteiger partial charge is 0.132 e. The van der Waals surface area contributed by atoms with E-state index in [-0.39, 0.29) is 11.0 Å². The Bertz CT molecular complexity index is 475. The number of rotatable bonds is 5. The molecular weight excluding hydrogens is 233 g/mol. The van der Waals surface area contributed by atoms with E-state index in [1.807, 2.05) is 0 Å². The van der Waals surface area contributed by atoms with Gasteiger partial charge >= 0.3 is 0 Å². The number of benzene rings is 1. The van der Waals surface area contributed by atoms with Gasteiger partial charge in [0.1, 0.15) is 11.6 Å². The van der Waals surface area contributed by atoms with Gasteiger partial charge in [0, 0.05) is 23.5 Å². The minimum atomic E-state index is -0.826. The number of halogens is 1. The van der Waals surface area contributed by atoms with Gasteiger partial charge in [-0.2, -0.15) is 5.26 Å². The van der Waals surface area contributed by atoms with Crippen molar-refractivity contribution in [3.63, 3.8) is 0 Å². The molecule has 0 radical (unpaired) electrons. The van der Waals surface area contributed by atoms with E-state index in [0.717, 1.165) is 12.8 Å². The summed E-state index contributed by atoms with van der Waals surface area (Å²) in [6.45, 7) is 1.97. The van der Waals surface area contributed by atoms with Gasteiger partial charge in [-0.25, -0.2) is 4.39 Å². The molecule has 1 aliphatic carbocycles. The van der Waals surface area contributed by atoms with Crippen LogP contribution in [0, 0.1) is 22.6 Å². The van der Waals surface area contributed by atoms with Crippen molar-refractivity contribution < 1.29 is 14.2 Å². The molecular formula is C14H16FNO2. The van der Waals surface area contributed by atoms with E-state index in [0.29, 0.717) is 18.8 Å². The van der Waals surface area contributed by atoms with Crippen LogP contribution in [0.25, 0.3) is 0 Å². The molecule has 0 spiro atoms. The first-order chi connectivity index (χ1) is 8.56. The van der Waals surface area contributed by atoms with Gasteiger partial charge in [0.15, 0.2) is 0 Å². The lowest BCUT2D eigenvalue weighted by Gasteiger charge is -2.14. The molecule has 0 saturated heterocycles. The van der Waals surface area contributed by atoms with E-state index < -0.39 is 11.9 Å². The Morgan fingerprint density at radius 3 is 2.78 bits per heavy atom. The van der Waals surface area contributed by atoms with E-state index in [1.165, 1.54) is 19.1 Å². The lowest BCUT2D eigenvalue weighted by Crippen LogP contribution is -2.12. The molecule has 1 fully saturated rings. The molecule has 1 aromatic rings. The lowest BCUT2D eigenvalue weighted by molar-refractivity contribution is 0.193. The summed E-state index contributed by atoms with van der Waals surface area (Å²) in [6, 6.07) is 6.61. The Kier molecular flexibility index (Phi) is 3.53. The highest BCUT2D eigenvalue weighted by Crippen LogP contribution is 2.48. The first-order valence-corrected chi connectivity index (χ1v) is 6.04. The molecule has 1 saturated carbocycles. The Morgan fingerprint density at radius 2 is 2.28 bits per heavy atom. The summed E-state index contributed by atoms with van der Waals surface area (Å²) in [4.78, 5) is 0. The summed E-state index contributed by atoms with van der Waals surface area (Å²) in [5.41, 5.74) is 0.245. The average Bonchev–Trinajstić information content (AvgIpc) is 3.07. The van der Waals surface area contributed by atoms with Crippen LogP contribution in [0.3, 0.4) is 0 Å². The third-order valence-corrected chi connectivity index (χ3v) is 3.38. The summed E-state index contributed by atoms with van der Waals surface area (Å²) < 4.78 is 19.1. The first kappa shape index (κ1) is 12.8. The molecule has 2 rings (SSSR count). The Morgan fingerprint density at radius 1 is 1.56 bits per heavy atom. The first-order valence-electron chi connectivity index (χ1n) is 6.04. The number of nitriles is 1. The molecule has 0 aliphatic heterocycles. The largest absolute Gasteiger partial charge is 0.493 e. The summed E-state index contributed by atoms with van der Waals surface area (Å²) >= 11 is 0. The quantitative estimate of drug-likeness (QED) is 0.872. The van der Waals surface area contributed by atoms with Crippen LogP contribution < -0.4 is 4.74 Å².